The number of rotatable bonds is 3. The van der Waals surface area contributed by atoms with Gasteiger partial charge in [0.25, 0.3) is 0 Å². The molecule has 0 aromatic heterocycles. The Kier molecular flexibility index (Phi) is 3.28. The molecule has 76 valence electrons. The van der Waals surface area contributed by atoms with Crippen LogP contribution in [0.2, 0.25) is 0 Å². The van der Waals surface area contributed by atoms with Crippen molar-refractivity contribution in [3.8, 4) is 0 Å². The number of hydrogen-bond donors (Lipinski definition) is 1. The topological polar surface area (TPSA) is 37.3 Å². The van der Waals surface area contributed by atoms with Crippen molar-refractivity contribution in [3.63, 3.8) is 0 Å². The fraction of sp³-hybridized carbons (Fsp3) is 0.417. The molecule has 0 amide bonds. The molecule has 0 unspecified atom stereocenters. The Hall–Kier alpha value is -1.31. The van der Waals surface area contributed by atoms with Gasteiger partial charge in [-0.15, -0.1) is 0 Å². The van der Waals surface area contributed by atoms with Gasteiger partial charge in [-0.1, -0.05) is 25.1 Å². The van der Waals surface area contributed by atoms with Gasteiger partial charge in [0.05, 0.1) is 6.42 Å². The minimum atomic E-state index is -0.738. The molecule has 0 bridgehead atoms. The van der Waals surface area contributed by atoms with E-state index in [4.69, 9.17) is 5.11 Å². The van der Waals surface area contributed by atoms with Gasteiger partial charge in [0.1, 0.15) is 0 Å². The van der Waals surface area contributed by atoms with E-state index in [-0.39, 0.29) is 12.3 Å². The Bertz CT molecular complexity index is 342. The number of carboxylic acid groups (broad SMARTS) is 1. The Labute approximate surface area is 84.6 Å². The third kappa shape index (κ3) is 2.34. The number of hydrogen-bond acceptors (Lipinski definition) is 1. The van der Waals surface area contributed by atoms with E-state index in [1.54, 1.807) is 0 Å². The Balaban J connectivity index is 2.95. The molecular weight excluding hydrogens is 176 g/mol. The summed E-state index contributed by atoms with van der Waals surface area (Å²) in [5, 5.41) is 8.71. The molecule has 1 aromatic rings. The minimum absolute atomic E-state index is 0.0902. The SMILES string of the molecule is Cc1cccc([C@@H](C)CC(=O)O)c1C. The molecule has 1 rings (SSSR count). The second-order valence-electron chi connectivity index (χ2n) is 3.79. The molecule has 0 aliphatic carbocycles. The highest BCUT2D eigenvalue weighted by Crippen LogP contribution is 2.24. The van der Waals surface area contributed by atoms with Crippen LogP contribution in [-0.4, -0.2) is 11.1 Å². The average Bonchev–Trinajstić information content (AvgIpc) is 2.08. The largest absolute Gasteiger partial charge is 0.481 e. The summed E-state index contributed by atoms with van der Waals surface area (Å²) in [5.74, 6) is -0.647. The maximum atomic E-state index is 10.6. The molecule has 0 radical (unpaired) electrons. The zero-order valence-corrected chi connectivity index (χ0v) is 8.87. The summed E-state index contributed by atoms with van der Waals surface area (Å²) in [5.41, 5.74) is 3.58. The van der Waals surface area contributed by atoms with E-state index in [2.05, 4.69) is 0 Å². The van der Waals surface area contributed by atoms with E-state index >= 15 is 0 Å². The number of aliphatic carboxylic acids is 1. The standard InChI is InChI=1S/C12H16O2/c1-8-5-4-6-11(10(8)3)9(2)7-12(13)14/h4-6,9H,7H2,1-3H3,(H,13,14)/t9-/m0/s1. The van der Waals surface area contributed by atoms with Crippen LogP contribution in [0, 0.1) is 13.8 Å². The Morgan fingerprint density at radius 2 is 2.07 bits per heavy atom. The van der Waals surface area contributed by atoms with Gasteiger partial charge in [0.2, 0.25) is 0 Å². The zero-order chi connectivity index (χ0) is 10.7. The normalized spacial score (nSPS) is 12.5. The first kappa shape index (κ1) is 10.8. The maximum absolute atomic E-state index is 10.6. The first-order valence-electron chi connectivity index (χ1n) is 4.80. The van der Waals surface area contributed by atoms with Crippen molar-refractivity contribution in [2.45, 2.75) is 33.1 Å². The van der Waals surface area contributed by atoms with Crippen LogP contribution in [-0.2, 0) is 4.79 Å². The molecule has 0 aliphatic heterocycles. The lowest BCUT2D eigenvalue weighted by molar-refractivity contribution is -0.137. The second kappa shape index (κ2) is 4.27. The van der Waals surface area contributed by atoms with Crippen LogP contribution < -0.4 is 0 Å². The third-order valence-electron chi connectivity index (χ3n) is 2.66. The van der Waals surface area contributed by atoms with Crippen molar-refractivity contribution in [2.75, 3.05) is 0 Å². The summed E-state index contributed by atoms with van der Waals surface area (Å²) in [6.07, 6.45) is 0.199. The molecular formula is C12H16O2. The minimum Gasteiger partial charge on any atom is -0.481 e. The Morgan fingerprint density at radius 3 is 2.64 bits per heavy atom. The average molecular weight is 192 g/mol. The summed E-state index contributed by atoms with van der Waals surface area (Å²) >= 11 is 0. The highest BCUT2D eigenvalue weighted by molar-refractivity contribution is 5.68. The first-order chi connectivity index (χ1) is 6.52. The number of carboxylic acids is 1. The first-order valence-corrected chi connectivity index (χ1v) is 4.80. The lowest BCUT2D eigenvalue weighted by Gasteiger charge is -2.13. The quantitative estimate of drug-likeness (QED) is 0.799. The van der Waals surface area contributed by atoms with Crippen molar-refractivity contribution < 1.29 is 9.90 Å². The number of aryl methyl sites for hydroxylation is 1. The van der Waals surface area contributed by atoms with Crippen molar-refractivity contribution in [2.24, 2.45) is 0 Å². The van der Waals surface area contributed by atoms with E-state index in [0.29, 0.717) is 0 Å². The molecule has 2 heteroatoms. The molecule has 14 heavy (non-hydrogen) atoms. The molecule has 0 aliphatic rings. The predicted octanol–water partition coefficient (Wildman–Crippen LogP) is 2.88. The smallest absolute Gasteiger partial charge is 0.303 e. The van der Waals surface area contributed by atoms with E-state index in [1.165, 1.54) is 11.1 Å². The molecule has 0 saturated heterocycles. The highest BCUT2D eigenvalue weighted by Gasteiger charge is 2.12. The van der Waals surface area contributed by atoms with Gasteiger partial charge in [0.15, 0.2) is 0 Å². The van der Waals surface area contributed by atoms with Crippen molar-refractivity contribution in [3.05, 3.63) is 34.9 Å². The van der Waals surface area contributed by atoms with Crippen LogP contribution in [0.25, 0.3) is 0 Å². The highest BCUT2D eigenvalue weighted by atomic mass is 16.4. The van der Waals surface area contributed by atoms with E-state index in [1.807, 2.05) is 39.0 Å². The van der Waals surface area contributed by atoms with Gasteiger partial charge in [-0.25, -0.2) is 0 Å². The summed E-state index contributed by atoms with van der Waals surface area (Å²) < 4.78 is 0. The van der Waals surface area contributed by atoms with Crippen LogP contribution in [0.15, 0.2) is 18.2 Å². The van der Waals surface area contributed by atoms with Crippen molar-refractivity contribution in [1.29, 1.82) is 0 Å². The van der Waals surface area contributed by atoms with Crippen LogP contribution in [0.3, 0.4) is 0 Å². The van der Waals surface area contributed by atoms with Crippen LogP contribution in [0.1, 0.15) is 36.0 Å². The molecule has 0 spiro atoms. The lowest BCUT2D eigenvalue weighted by atomic mass is 9.91. The second-order valence-corrected chi connectivity index (χ2v) is 3.79. The predicted molar refractivity (Wildman–Crippen MR) is 56.6 cm³/mol. The fourth-order valence-electron chi connectivity index (χ4n) is 1.68. The molecule has 1 aromatic carbocycles. The Morgan fingerprint density at radius 1 is 1.43 bits per heavy atom. The van der Waals surface area contributed by atoms with Crippen molar-refractivity contribution in [1.82, 2.24) is 0 Å². The summed E-state index contributed by atoms with van der Waals surface area (Å²) in [4.78, 5) is 10.6. The number of benzene rings is 1. The zero-order valence-electron chi connectivity index (χ0n) is 8.87. The van der Waals surface area contributed by atoms with E-state index in [0.717, 1.165) is 5.56 Å². The molecule has 0 heterocycles. The lowest BCUT2D eigenvalue weighted by Crippen LogP contribution is -2.04. The van der Waals surface area contributed by atoms with Crippen LogP contribution in [0.5, 0.6) is 0 Å². The van der Waals surface area contributed by atoms with Gasteiger partial charge < -0.3 is 5.11 Å². The van der Waals surface area contributed by atoms with E-state index in [9.17, 15) is 4.79 Å². The van der Waals surface area contributed by atoms with Crippen LogP contribution in [0.4, 0.5) is 0 Å². The maximum Gasteiger partial charge on any atom is 0.303 e. The molecule has 1 atom stereocenters. The fourth-order valence-corrected chi connectivity index (χ4v) is 1.68. The van der Waals surface area contributed by atoms with Crippen LogP contribution >= 0.6 is 0 Å². The molecule has 2 nitrogen and oxygen atoms in total. The number of carbonyl (C=O) groups is 1. The third-order valence-corrected chi connectivity index (χ3v) is 2.66. The van der Waals surface area contributed by atoms with Gasteiger partial charge in [-0.2, -0.15) is 0 Å². The molecule has 0 fully saturated rings. The van der Waals surface area contributed by atoms with Gasteiger partial charge in [-0.05, 0) is 36.5 Å². The molecule has 1 N–H and O–H groups in total. The monoisotopic (exact) mass is 192 g/mol. The van der Waals surface area contributed by atoms with Gasteiger partial charge >= 0.3 is 5.97 Å². The van der Waals surface area contributed by atoms with Gasteiger partial charge in [-0.3, -0.25) is 4.79 Å². The van der Waals surface area contributed by atoms with E-state index < -0.39 is 5.97 Å². The van der Waals surface area contributed by atoms with Crippen molar-refractivity contribution >= 4 is 5.97 Å². The van der Waals surface area contributed by atoms with Gasteiger partial charge in [0, 0.05) is 0 Å². The summed E-state index contributed by atoms with van der Waals surface area (Å²) in [6.45, 7) is 6.05. The summed E-state index contributed by atoms with van der Waals surface area (Å²) in [6, 6.07) is 6.04. The summed E-state index contributed by atoms with van der Waals surface area (Å²) in [7, 11) is 0. The molecule has 0 saturated carbocycles.